The fraction of sp³-hybridized carbons (Fsp3) is 0.850. The Balaban J connectivity index is 2.38. The van der Waals surface area contributed by atoms with Gasteiger partial charge in [0, 0.05) is 12.1 Å². The molecule has 2 heteroatoms. The summed E-state index contributed by atoms with van der Waals surface area (Å²) in [4.78, 5) is 0. The Morgan fingerprint density at radius 1 is 0.381 bits per heavy atom. The van der Waals surface area contributed by atoms with Gasteiger partial charge in [-0.2, -0.15) is 0 Å². The van der Waals surface area contributed by atoms with Gasteiger partial charge in [0.2, 0.25) is 0 Å². The van der Waals surface area contributed by atoms with Crippen molar-refractivity contribution in [2.75, 3.05) is 13.1 Å². The molecule has 0 aliphatic carbocycles. The molecule has 0 radical (unpaired) electrons. The second kappa shape index (κ2) is 30.2. The third-order valence-electron chi connectivity index (χ3n) is 9.34. The second-order valence-corrected chi connectivity index (χ2v) is 13.2. The minimum atomic E-state index is 0.484. The van der Waals surface area contributed by atoms with Gasteiger partial charge in [-0.1, -0.05) is 206 Å². The highest BCUT2D eigenvalue weighted by Crippen LogP contribution is 2.30. The molecule has 42 heavy (non-hydrogen) atoms. The van der Waals surface area contributed by atoms with Crippen LogP contribution < -0.4 is 10.6 Å². The quantitative estimate of drug-likeness (QED) is 0.0823. The fourth-order valence-corrected chi connectivity index (χ4v) is 6.75. The van der Waals surface area contributed by atoms with Crippen molar-refractivity contribution in [3.8, 4) is 0 Å². The van der Waals surface area contributed by atoms with Crippen LogP contribution in [-0.2, 0) is 0 Å². The summed E-state index contributed by atoms with van der Waals surface area (Å²) >= 11 is 0. The maximum atomic E-state index is 3.86. The molecule has 0 heterocycles. The van der Waals surface area contributed by atoms with E-state index in [4.69, 9.17) is 0 Å². The van der Waals surface area contributed by atoms with Gasteiger partial charge >= 0.3 is 0 Å². The monoisotopic (exact) mass is 585 g/mol. The minimum Gasteiger partial charge on any atom is -0.310 e. The lowest BCUT2D eigenvalue weighted by atomic mass is 9.89. The summed E-state index contributed by atoms with van der Waals surface area (Å²) in [7, 11) is 0. The van der Waals surface area contributed by atoms with E-state index in [1.165, 1.54) is 167 Å². The molecule has 0 amide bonds. The summed E-state index contributed by atoms with van der Waals surface area (Å²) in [5.74, 6) is 0. The number of unbranched alkanes of at least 4 members (excludes halogenated alkanes) is 22. The molecule has 2 N–H and O–H groups in total. The number of hydrogen-bond donors (Lipinski definition) is 2. The molecule has 1 rings (SSSR count). The molecule has 0 bridgehead atoms. The van der Waals surface area contributed by atoms with Gasteiger partial charge in [-0.05, 0) is 37.1 Å². The van der Waals surface area contributed by atoms with Crippen molar-refractivity contribution in [1.82, 2.24) is 10.6 Å². The Kier molecular flexibility index (Phi) is 28.1. The van der Waals surface area contributed by atoms with Crippen molar-refractivity contribution in [3.05, 3.63) is 35.4 Å². The van der Waals surface area contributed by atoms with Gasteiger partial charge in [0.1, 0.15) is 0 Å². The summed E-state index contributed by atoms with van der Waals surface area (Å²) in [6, 6.07) is 10.3. The number of hydrogen-bond acceptors (Lipinski definition) is 2. The molecular formula is C40H76N2. The highest BCUT2D eigenvalue weighted by molar-refractivity contribution is 5.33. The van der Waals surface area contributed by atoms with Crippen molar-refractivity contribution in [3.63, 3.8) is 0 Å². The van der Waals surface area contributed by atoms with E-state index < -0.39 is 0 Å². The standard InChI is InChI=1S/C40H76N2/c1-5-9-11-13-15-17-19-21-23-25-27-29-35-39(41-7-3)37-33-31-32-34-38(37)40(42-8-4)36-30-28-26-24-22-20-18-16-14-12-10-6-2/h31-34,39-42H,5-30,35-36H2,1-4H3. The summed E-state index contributed by atoms with van der Waals surface area (Å²) < 4.78 is 0. The predicted octanol–water partition coefficient (Wildman–Crippen LogP) is 13.2. The van der Waals surface area contributed by atoms with Gasteiger partial charge in [0.05, 0.1) is 0 Å². The lowest BCUT2D eigenvalue weighted by Gasteiger charge is -2.27. The molecule has 0 aliphatic rings. The van der Waals surface area contributed by atoms with E-state index in [0.29, 0.717) is 12.1 Å². The zero-order valence-electron chi connectivity index (χ0n) is 29.3. The average molecular weight is 585 g/mol. The smallest absolute Gasteiger partial charge is 0.0323 e. The maximum absolute atomic E-state index is 3.86. The van der Waals surface area contributed by atoms with Crippen LogP contribution in [0, 0.1) is 0 Å². The largest absolute Gasteiger partial charge is 0.310 e. The van der Waals surface area contributed by atoms with E-state index in [1.807, 2.05) is 0 Å². The molecule has 0 spiro atoms. The number of benzene rings is 1. The van der Waals surface area contributed by atoms with Crippen LogP contribution >= 0.6 is 0 Å². The molecule has 0 saturated heterocycles. The van der Waals surface area contributed by atoms with Gasteiger partial charge in [-0.15, -0.1) is 0 Å². The predicted molar refractivity (Wildman–Crippen MR) is 191 cm³/mol. The van der Waals surface area contributed by atoms with E-state index in [2.05, 4.69) is 62.6 Å². The Labute approximate surface area is 265 Å². The highest BCUT2D eigenvalue weighted by atomic mass is 14.9. The third-order valence-corrected chi connectivity index (χ3v) is 9.34. The van der Waals surface area contributed by atoms with E-state index in [9.17, 15) is 0 Å². The minimum absolute atomic E-state index is 0.484. The molecule has 246 valence electrons. The van der Waals surface area contributed by atoms with Crippen LogP contribution in [0.1, 0.15) is 218 Å². The van der Waals surface area contributed by atoms with E-state index in [0.717, 1.165) is 13.1 Å². The first kappa shape index (κ1) is 39.2. The fourth-order valence-electron chi connectivity index (χ4n) is 6.75. The average Bonchev–Trinajstić information content (AvgIpc) is 3.01. The van der Waals surface area contributed by atoms with Crippen LogP contribution in [0.5, 0.6) is 0 Å². The van der Waals surface area contributed by atoms with E-state index in [-0.39, 0.29) is 0 Å². The molecular weight excluding hydrogens is 508 g/mol. The molecule has 2 nitrogen and oxygen atoms in total. The first-order valence-electron chi connectivity index (χ1n) is 19.3. The zero-order valence-corrected chi connectivity index (χ0v) is 29.3. The molecule has 2 atom stereocenters. The Morgan fingerprint density at radius 2 is 0.643 bits per heavy atom. The van der Waals surface area contributed by atoms with Crippen molar-refractivity contribution >= 4 is 0 Å². The van der Waals surface area contributed by atoms with Gasteiger partial charge in [-0.3, -0.25) is 0 Å². The van der Waals surface area contributed by atoms with E-state index in [1.54, 1.807) is 11.1 Å². The van der Waals surface area contributed by atoms with Gasteiger partial charge < -0.3 is 10.6 Å². The van der Waals surface area contributed by atoms with Gasteiger partial charge in [0.15, 0.2) is 0 Å². The van der Waals surface area contributed by atoms with Gasteiger partial charge in [0.25, 0.3) is 0 Å². The second-order valence-electron chi connectivity index (χ2n) is 13.2. The van der Waals surface area contributed by atoms with Crippen molar-refractivity contribution in [1.29, 1.82) is 0 Å². The summed E-state index contributed by atoms with van der Waals surface area (Å²) in [6.45, 7) is 11.2. The van der Waals surface area contributed by atoms with Crippen molar-refractivity contribution in [2.24, 2.45) is 0 Å². The molecule has 2 unspecified atom stereocenters. The Hall–Kier alpha value is -0.860. The first-order chi connectivity index (χ1) is 20.8. The van der Waals surface area contributed by atoms with E-state index >= 15 is 0 Å². The molecule has 0 saturated carbocycles. The number of rotatable bonds is 32. The highest BCUT2D eigenvalue weighted by Gasteiger charge is 2.19. The molecule has 0 fully saturated rings. The lowest BCUT2D eigenvalue weighted by Crippen LogP contribution is -2.26. The van der Waals surface area contributed by atoms with Crippen molar-refractivity contribution < 1.29 is 0 Å². The van der Waals surface area contributed by atoms with Crippen LogP contribution in [0.15, 0.2) is 24.3 Å². The van der Waals surface area contributed by atoms with Gasteiger partial charge in [-0.25, -0.2) is 0 Å². The molecule has 1 aromatic carbocycles. The maximum Gasteiger partial charge on any atom is 0.0323 e. The third kappa shape index (κ3) is 20.9. The SMILES string of the molecule is CCCCCCCCCCCCCCC(NCC)c1ccccc1C(CCCCCCCCCCCCCC)NCC. The molecule has 1 aromatic rings. The van der Waals surface area contributed by atoms with Crippen LogP contribution in [-0.4, -0.2) is 13.1 Å². The number of nitrogens with one attached hydrogen (secondary N) is 2. The molecule has 0 aromatic heterocycles. The van der Waals surface area contributed by atoms with Crippen LogP contribution in [0.2, 0.25) is 0 Å². The first-order valence-corrected chi connectivity index (χ1v) is 19.3. The Bertz CT molecular complexity index is 614. The topological polar surface area (TPSA) is 24.1 Å². The summed E-state index contributed by atoms with van der Waals surface area (Å²) in [5.41, 5.74) is 3.10. The zero-order chi connectivity index (χ0) is 30.4. The molecule has 0 aliphatic heterocycles. The lowest BCUT2D eigenvalue weighted by molar-refractivity contribution is 0.446. The summed E-state index contributed by atoms with van der Waals surface area (Å²) in [6.07, 6.45) is 36.6. The summed E-state index contributed by atoms with van der Waals surface area (Å²) in [5, 5.41) is 7.73. The normalized spacial score (nSPS) is 13.0. The Morgan fingerprint density at radius 3 is 0.905 bits per heavy atom. The van der Waals surface area contributed by atoms with Crippen LogP contribution in [0.25, 0.3) is 0 Å². The van der Waals surface area contributed by atoms with Crippen molar-refractivity contribution in [2.45, 2.75) is 207 Å². The van der Waals surface area contributed by atoms with Crippen LogP contribution in [0.3, 0.4) is 0 Å². The van der Waals surface area contributed by atoms with Crippen LogP contribution in [0.4, 0.5) is 0 Å².